The number of nitrogens with zero attached hydrogens (tertiary/aromatic N) is 2. The van der Waals surface area contributed by atoms with Crippen LogP contribution in [0.2, 0.25) is 0 Å². The number of fused-ring (bicyclic) bond motifs is 7. The van der Waals surface area contributed by atoms with Crippen LogP contribution < -0.4 is 9.64 Å². The first-order valence-corrected chi connectivity index (χ1v) is 20.2. The molecule has 0 aliphatic carbocycles. The summed E-state index contributed by atoms with van der Waals surface area (Å²) in [5, 5.41) is 7.30. The average Bonchev–Trinajstić information content (AvgIpc) is 3.64. The number of benzene rings is 10. The third-order valence-corrected chi connectivity index (χ3v) is 11.9. The zero-order valence-electron chi connectivity index (χ0n) is 32.1. The van der Waals surface area contributed by atoms with E-state index < -0.39 is 0 Å². The summed E-state index contributed by atoms with van der Waals surface area (Å²) in [7, 11) is 0. The fraction of sp³-hybridized carbons (Fsp3) is 0. The maximum Gasteiger partial charge on any atom is 0.152 e. The van der Waals surface area contributed by atoms with Crippen molar-refractivity contribution in [3.05, 3.63) is 218 Å². The highest BCUT2D eigenvalue weighted by Crippen LogP contribution is 2.48. The molecule has 2 heterocycles. The largest absolute Gasteiger partial charge is 0.453 e. The van der Waals surface area contributed by atoms with E-state index in [1.807, 2.05) is 12.1 Å². The first-order chi connectivity index (χ1) is 29.2. The van der Waals surface area contributed by atoms with Crippen LogP contribution in [0.5, 0.6) is 11.5 Å². The number of aromatic nitrogens is 1. The number of rotatable bonds is 6. The Hall–Kier alpha value is -7.88. The zero-order valence-corrected chi connectivity index (χ0v) is 32.1. The summed E-state index contributed by atoms with van der Waals surface area (Å²) in [6.07, 6.45) is 0. The Kier molecular flexibility index (Phi) is 7.54. The molecule has 12 rings (SSSR count). The summed E-state index contributed by atoms with van der Waals surface area (Å²) < 4.78 is 8.80. The first kappa shape index (κ1) is 33.3. The summed E-state index contributed by atoms with van der Waals surface area (Å²) in [5.41, 5.74) is 13.6. The Balaban J connectivity index is 1.05. The molecule has 3 nitrogen and oxygen atoms in total. The van der Waals surface area contributed by atoms with E-state index in [4.69, 9.17) is 4.74 Å². The summed E-state index contributed by atoms with van der Waals surface area (Å²) in [6.45, 7) is 0. The Bertz CT molecular complexity index is 3430. The number of hydrogen-bond acceptors (Lipinski definition) is 2. The fourth-order valence-corrected chi connectivity index (χ4v) is 9.15. The third-order valence-electron chi connectivity index (χ3n) is 11.9. The molecule has 1 aliphatic rings. The monoisotopic (exact) mass is 752 g/mol. The van der Waals surface area contributed by atoms with Gasteiger partial charge in [-0.05, 0) is 111 Å². The highest BCUT2D eigenvalue weighted by atomic mass is 16.5. The van der Waals surface area contributed by atoms with Crippen LogP contribution in [0.3, 0.4) is 0 Å². The SMILES string of the molecule is c1ccc2c(c1)Oc1cccc3c4cc(-c5ccccc5N(c5ccc(-c6ccc7ccccc7c6)cc5)c5ccccc5-c5ccc6ccccc6c5)ccc4n-2c13. The molecule has 0 saturated heterocycles. The molecule has 3 heteroatoms. The highest BCUT2D eigenvalue weighted by Gasteiger charge is 2.25. The predicted molar refractivity (Wildman–Crippen MR) is 247 cm³/mol. The second-order valence-corrected chi connectivity index (χ2v) is 15.3. The summed E-state index contributed by atoms with van der Waals surface area (Å²) in [6, 6.07) is 78.9. The van der Waals surface area contributed by atoms with Crippen LogP contribution in [-0.2, 0) is 0 Å². The second kappa shape index (κ2) is 13.4. The average molecular weight is 753 g/mol. The maximum atomic E-state index is 6.44. The fourth-order valence-electron chi connectivity index (χ4n) is 9.15. The molecular weight excluding hydrogens is 717 g/mol. The molecule has 10 aromatic carbocycles. The van der Waals surface area contributed by atoms with Gasteiger partial charge >= 0.3 is 0 Å². The van der Waals surface area contributed by atoms with Crippen LogP contribution in [0.4, 0.5) is 17.1 Å². The Morgan fingerprint density at radius 3 is 1.63 bits per heavy atom. The minimum Gasteiger partial charge on any atom is -0.453 e. The molecule has 0 unspecified atom stereocenters. The standard InChI is InChI=1S/C56H36N2O/c1-3-14-40-34-42(26-24-37(40)12-1)39-28-31-45(32-29-39)57(50-19-7-5-16-46(50)43-27-25-38-13-2-4-15-41(38)35-43)51-20-8-6-17-47(51)44-30-33-52-49(36-44)48-18-11-23-55-56(48)58(52)53-21-9-10-22-54(53)59-55/h1-36H. The van der Waals surface area contributed by atoms with E-state index in [9.17, 15) is 0 Å². The van der Waals surface area contributed by atoms with Crippen molar-refractivity contribution in [1.29, 1.82) is 0 Å². The zero-order chi connectivity index (χ0) is 38.9. The van der Waals surface area contributed by atoms with E-state index in [0.29, 0.717) is 0 Å². The van der Waals surface area contributed by atoms with Crippen LogP contribution in [0.25, 0.3) is 82.4 Å². The lowest BCUT2D eigenvalue weighted by Crippen LogP contribution is -2.12. The first-order valence-electron chi connectivity index (χ1n) is 20.2. The number of para-hydroxylation sites is 5. The van der Waals surface area contributed by atoms with E-state index in [1.54, 1.807) is 0 Å². The van der Waals surface area contributed by atoms with Crippen molar-refractivity contribution in [3.63, 3.8) is 0 Å². The second-order valence-electron chi connectivity index (χ2n) is 15.3. The van der Waals surface area contributed by atoms with Gasteiger partial charge in [-0.25, -0.2) is 0 Å². The Morgan fingerprint density at radius 2 is 0.898 bits per heavy atom. The van der Waals surface area contributed by atoms with E-state index >= 15 is 0 Å². The van der Waals surface area contributed by atoms with Crippen molar-refractivity contribution in [2.75, 3.05) is 4.90 Å². The predicted octanol–water partition coefficient (Wildman–Crippen LogP) is 15.7. The van der Waals surface area contributed by atoms with Crippen LogP contribution >= 0.6 is 0 Å². The summed E-state index contributed by atoms with van der Waals surface area (Å²) in [4.78, 5) is 2.44. The van der Waals surface area contributed by atoms with Gasteiger partial charge in [0.25, 0.3) is 0 Å². The van der Waals surface area contributed by atoms with Crippen LogP contribution in [0.1, 0.15) is 0 Å². The van der Waals surface area contributed by atoms with Crippen LogP contribution in [0, 0.1) is 0 Å². The minimum absolute atomic E-state index is 0.867. The van der Waals surface area contributed by atoms with E-state index in [-0.39, 0.29) is 0 Å². The lowest BCUT2D eigenvalue weighted by atomic mass is 9.96. The van der Waals surface area contributed by atoms with Crippen molar-refractivity contribution in [1.82, 2.24) is 4.57 Å². The normalized spacial score (nSPS) is 11.9. The smallest absolute Gasteiger partial charge is 0.152 e. The molecule has 11 aromatic rings. The lowest BCUT2D eigenvalue weighted by molar-refractivity contribution is 0.476. The maximum absolute atomic E-state index is 6.44. The van der Waals surface area contributed by atoms with Gasteiger partial charge in [0, 0.05) is 27.6 Å². The van der Waals surface area contributed by atoms with Crippen molar-refractivity contribution in [2.24, 2.45) is 0 Å². The summed E-state index contributed by atoms with van der Waals surface area (Å²) in [5.74, 6) is 1.75. The van der Waals surface area contributed by atoms with Crippen LogP contribution in [-0.4, -0.2) is 4.57 Å². The number of hydrogen-bond donors (Lipinski definition) is 0. The third kappa shape index (κ3) is 5.44. The molecule has 0 saturated carbocycles. The van der Waals surface area contributed by atoms with Crippen LogP contribution in [0.15, 0.2) is 218 Å². The molecule has 0 fully saturated rings. The van der Waals surface area contributed by atoms with Gasteiger partial charge in [-0.15, -0.1) is 0 Å². The molecule has 276 valence electrons. The molecule has 0 amide bonds. The molecule has 0 bridgehead atoms. The van der Waals surface area contributed by atoms with E-state index in [0.717, 1.165) is 62.0 Å². The van der Waals surface area contributed by atoms with Gasteiger partial charge in [-0.3, -0.25) is 0 Å². The molecule has 0 atom stereocenters. The molecule has 1 aromatic heterocycles. The van der Waals surface area contributed by atoms with Gasteiger partial charge in [0.05, 0.1) is 28.1 Å². The molecular formula is C56H36N2O. The van der Waals surface area contributed by atoms with Gasteiger partial charge in [-0.1, -0.05) is 152 Å². The topological polar surface area (TPSA) is 17.4 Å². The molecule has 0 spiro atoms. The van der Waals surface area contributed by atoms with E-state index in [2.05, 4.69) is 216 Å². The van der Waals surface area contributed by atoms with Gasteiger partial charge < -0.3 is 14.2 Å². The van der Waals surface area contributed by atoms with Gasteiger partial charge in [-0.2, -0.15) is 0 Å². The molecule has 1 aliphatic heterocycles. The quantitative estimate of drug-likeness (QED) is 0.168. The van der Waals surface area contributed by atoms with Gasteiger partial charge in [0.1, 0.15) is 0 Å². The number of ether oxygens (including phenoxy) is 1. The summed E-state index contributed by atoms with van der Waals surface area (Å²) >= 11 is 0. The Morgan fingerprint density at radius 1 is 0.356 bits per heavy atom. The van der Waals surface area contributed by atoms with Gasteiger partial charge in [0.15, 0.2) is 11.5 Å². The van der Waals surface area contributed by atoms with Gasteiger partial charge in [0.2, 0.25) is 0 Å². The van der Waals surface area contributed by atoms with Crippen molar-refractivity contribution in [2.45, 2.75) is 0 Å². The van der Waals surface area contributed by atoms with E-state index in [1.165, 1.54) is 49.0 Å². The molecule has 0 N–H and O–H groups in total. The van der Waals surface area contributed by atoms with Crippen molar-refractivity contribution >= 4 is 60.4 Å². The lowest BCUT2D eigenvalue weighted by Gasteiger charge is -2.30. The number of anilines is 3. The van der Waals surface area contributed by atoms with Crippen molar-refractivity contribution in [3.8, 4) is 50.6 Å². The highest BCUT2D eigenvalue weighted by molar-refractivity contribution is 6.13. The molecule has 0 radical (unpaired) electrons. The Labute approximate surface area is 342 Å². The van der Waals surface area contributed by atoms with Crippen molar-refractivity contribution < 1.29 is 4.74 Å². The molecule has 59 heavy (non-hydrogen) atoms. The minimum atomic E-state index is 0.867.